The quantitative estimate of drug-likeness (QED) is 0.735. The van der Waals surface area contributed by atoms with Crippen LogP contribution < -0.4 is 16.2 Å². The Hall–Kier alpha value is -3.55. The molecule has 0 unspecified atom stereocenters. The van der Waals surface area contributed by atoms with Crippen molar-refractivity contribution in [3.63, 3.8) is 0 Å². The van der Waals surface area contributed by atoms with Crippen molar-refractivity contribution in [2.75, 3.05) is 12.4 Å². The van der Waals surface area contributed by atoms with Crippen LogP contribution in [0.1, 0.15) is 16.1 Å². The van der Waals surface area contributed by atoms with Crippen molar-refractivity contribution in [2.45, 2.75) is 13.5 Å². The molecule has 3 rings (SSSR count). The molecule has 1 heterocycles. The van der Waals surface area contributed by atoms with Crippen LogP contribution in [0, 0.1) is 12.7 Å². The number of nitrogens with one attached hydrogen (secondary N) is 2. The zero-order chi connectivity index (χ0) is 19.6. The first-order valence-corrected chi connectivity index (χ1v) is 8.18. The maximum Gasteiger partial charge on any atom is 0.275 e. The van der Waals surface area contributed by atoms with Crippen LogP contribution in [0.4, 0.5) is 10.1 Å². The van der Waals surface area contributed by atoms with Gasteiger partial charge in [0.15, 0.2) is 5.69 Å². The first-order chi connectivity index (χ1) is 12.9. The lowest BCUT2D eigenvalue weighted by Crippen LogP contribution is -2.33. The Morgan fingerprint density at radius 1 is 1.15 bits per heavy atom. The average Bonchev–Trinajstić information content (AvgIpc) is 2.66. The molecule has 2 aromatic carbocycles. The summed E-state index contributed by atoms with van der Waals surface area (Å²) in [5.74, 6) is -1.48. The molecule has 0 aliphatic rings. The largest absolute Gasteiger partial charge is 0.354 e. The van der Waals surface area contributed by atoms with Crippen molar-refractivity contribution in [3.8, 4) is 0 Å². The summed E-state index contributed by atoms with van der Waals surface area (Å²) in [6, 6.07) is 10.8. The van der Waals surface area contributed by atoms with Crippen molar-refractivity contribution in [1.82, 2.24) is 15.1 Å². The topological polar surface area (TPSA) is 93.1 Å². The van der Waals surface area contributed by atoms with E-state index in [9.17, 15) is 18.8 Å². The standard InChI is InChI=1S/C19H17FN4O3/c1-11-7-8-12(9-15(11)20)22-16(25)10-24-19(27)14-6-4-3-5-13(14)17(23-24)18(26)21-2/h3-9H,10H2,1-2H3,(H,21,26)(H,22,25). The Bertz CT molecular complexity index is 1110. The second kappa shape index (κ2) is 7.36. The Morgan fingerprint density at radius 2 is 1.85 bits per heavy atom. The zero-order valence-electron chi connectivity index (χ0n) is 14.7. The van der Waals surface area contributed by atoms with Crippen LogP contribution in [0.2, 0.25) is 0 Å². The second-order valence-corrected chi connectivity index (χ2v) is 5.95. The molecule has 27 heavy (non-hydrogen) atoms. The summed E-state index contributed by atoms with van der Waals surface area (Å²) in [5, 5.41) is 9.70. The van der Waals surface area contributed by atoms with Gasteiger partial charge in [0.25, 0.3) is 11.5 Å². The Balaban J connectivity index is 1.95. The number of amides is 2. The number of hydrogen-bond donors (Lipinski definition) is 2. The van der Waals surface area contributed by atoms with E-state index in [1.807, 2.05) is 0 Å². The number of anilines is 1. The van der Waals surface area contributed by atoms with Crippen LogP contribution in [-0.2, 0) is 11.3 Å². The highest BCUT2D eigenvalue weighted by molar-refractivity contribution is 6.04. The number of aryl methyl sites for hydroxylation is 1. The molecule has 2 amide bonds. The van der Waals surface area contributed by atoms with E-state index in [1.165, 1.54) is 19.2 Å². The molecule has 0 fully saturated rings. The molecular formula is C19H17FN4O3. The van der Waals surface area contributed by atoms with Crippen LogP contribution in [0.25, 0.3) is 10.8 Å². The van der Waals surface area contributed by atoms with Gasteiger partial charge in [-0.15, -0.1) is 0 Å². The van der Waals surface area contributed by atoms with Crippen LogP contribution in [-0.4, -0.2) is 28.6 Å². The van der Waals surface area contributed by atoms with Crippen molar-refractivity contribution in [2.24, 2.45) is 0 Å². The van der Waals surface area contributed by atoms with Gasteiger partial charge in [0, 0.05) is 18.1 Å². The smallest absolute Gasteiger partial charge is 0.275 e. The number of benzene rings is 2. The molecule has 0 radical (unpaired) electrons. The summed E-state index contributed by atoms with van der Waals surface area (Å²) < 4.78 is 14.5. The van der Waals surface area contributed by atoms with Gasteiger partial charge in [0.2, 0.25) is 5.91 Å². The predicted octanol–water partition coefficient (Wildman–Crippen LogP) is 1.84. The number of hydrogen-bond acceptors (Lipinski definition) is 4. The number of rotatable bonds is 4. The van der Waals surface area contributed by atoms with E-state index < -0.39 is 29.7 Å². The van der Waals surface area contributed by atoms with Gasteiger partial charge in [-0.3, -0.25) is 14.4 Å². The Kier molecular flexibility index (Phi) is 4.98. The lowest BCUT2D eigenvalue weighted by molar-refractivity contribution is -0.117. The summed E-state index contributed by atoms with van der Waals surface area (Å²) in [4.78, 5) is 37.0. The van der Waals surface area contributed by atoms with E-state index in [0.717, 1.165) is 4.68 Å². The maximum absolute atomic E-state index is 13.6. The van der Waals surface area contributed by atoms with Crippen LogP contribution in [0.5, 0.6) is 0 Å². The highest BCUT2D eigenvalue weighted by Gasteiger charge is 2.17. The van der Waals surface area contributed by atoms with Gasteiger partial charge in [-0.05, 0) is 30.7 Å². The molecule has 0 saturated heterocycles. The van der Waals surface area contributed by atoms with E-state index in [2.05, 4.69) is 15.7 Å². The molecule has 0 spiro atoms. The van der Waals surface area contributed by atoms with Crippen molar-refractivity contribution >= 4 is 28.3 Å². The van der Waals surface area contributed by atoms with E-state index in [0.29, 0.717) is 10.9 Å². The lowest BCUT2D eigenvalue weighted by Gasteiger charge is -2.11. The monoisotopic (exact) mass is 368 g/mol. The molecule has 3 aromatic rings. The molecule has 1 aromatic heterocycles. The highest BCUT2D eigenvalue weighted by Crippen LogP contribution is 2.15. The molecule has 7 nitrogen and oxygen atoms in total. The number of nitrogens with zero attached hydrogens (tertiary/aromatic N) is 2. The van der Waals surface area contributed by atoms with Gasteiger partial charge in [-0.25, -0.2) is 9.07 Å². The van der Waals surface area contributed by atoms with Gasteiger partial charge >= 0.3 is 0 Å². The Labute approximate surface area is 153 Å². The molecule has 138 valence electrons. The van der Waals surface area contributed by atoms with E-state index in [-0.39, 0.29) is 16.8 Å². The number of fused-ring (bicyclic) bond motifs is 1. The average molecular weight is 368 g/mol. The minimum atomic E-state index is -0.564. The van der Waals surface area contributed by atoms with E-state index >= 15 is 0 Å². The maximum atomic E-state index is 13.6. The summed E-state index contributed by atoms with van der Waals surface area (Å²) in [6.07, 6.45) is 0. The van der Waals surface area contributed by atoms with E-state index in [4.69, 9.17) is 0 Å². The SMILES string of the molecule is CNC(=O)c1nn(CC(=O)Nc2ccc(C)c(F)c2)c(=O)c2ccccc12. The molecule has 0 saturated carbocycles. The summed E-state index contributed by atoms with van der Waals surface area (Å²) in [7, 11) is 1.45. The van der Waals surface area contributed by atoms with Gasteiger partial charge < -0.3 is 10.6 Å². The number of carbonyl (C=O) groups excluding carboxylic acids is 2. The number of halogens is 1. The first-order valence-electron chi connectivity index (χ1n) is 8.18. The normalized spacial score (nSPS) is 10.6. The van der Waals surface area contributed by atoms with Gasteiger partial charge in [-0.2, -0.15) is 5.10 Å². The third-order valence-corrected chi connectivity index (χ3v) is 4.06. The zero-order valence-corrected chi connectivity index (χ0v) is 14.7. The molecule has 0 aliphatic heterocycles. The molecule has 8 heteroatoms. The fraction of sp³-hybridized carbons (Fsp3) is 0.158. The minimum Gasteiger partial charge on any atom is -0.354 e. The number of carbonyl (C=O) groups is 2. The van der Waals surface area contributed by atoms with Crippen LogP contribution >= 0.6 is 0 Å². The number of aromatic nitrogens is 2. The van der Waals surface area contributed by atoms with Crippen molar-refractivity contribution in [3.05, 3.63) is 69.9 Å². The van der Waals surface area contributed by atoms with Gasteiger partial charge in [-0.1, -0.05) is 24.3 Å². The van der Waals surface area contributed by atoms with Gasteiger partial charge in [0.05, 0.1) is 5.39 Å². The van der Waals surface area contributed by atoms with Crippen molar-refractivity contribution < 1.29 is 14.0 Å². The second-order valence-electron chi connectivity index (χ2n) is 5.95. The molecular weight excluding hydrogens is 351 g/mol. The molecule has 0 aliphatic carbocycles. The Morgan fingerprint density at radius 3 is 2.52 bits per heavy atom. The predicted molar refractivity (Wildman–Crippen MR) is 99.2 cm³/mol. The summed E-state index contributed by atoms with van der Waals surface area (Å²) in [5.41, 5.74) is 0.268. The van der Waals surface area contributed by atoms with Crippen molar-refractivity contribution in [1.29, 1.82) is 0 Å². The molecule has 2 N–H and O–H groups in total. The fourth-order valence-corrected chi connectivity index (χ4v) is 2.64. The van der Waals surface area contributed by atoms with Gasteiger partial charge in [0.1, 0.15) is 12.4 Å². The lowest BCUT2D eigenvalue weighted by atomic mass is 10.1. The van der Waals surface area contributed by atoms with Crippen LogP contribution in [0.3, 0.4) is 0 Å². The van der Waals surface area contributed by atoms with E-state index in [1.54, 1.807) is 37.3 Å². The summed E-state index contributed by atoms with van der Waals surface area (Å²) >= 11 is 0. The van der Waals surface area contributed by atoms with Crippen LogP contribution in [0.15, 0.2) is 47.3 Å². The third-order valence-electron chi connectivity index (χ3n) is 4.06. The molecule has 0 atom stereocenters. The summed E-state index contributed by atoms with van der Waals surface area (Å²) in [6.45, 7) is 1.20. The minimum absolute atomic E-state index is 0.0434. The third kappa shape index (κ3) is 3.69. The fourth-order valence-electron chi connectivity index (χ4n) is 2.64. The first kappa shape index (κ1) is 18.2. The molecule has 0 bridgehead atoms. The highest BCUT2D eigenvalue weighted by atomic mass is 19.1.